The normalized spacial score (nSPS) is 26.0. The average Bonchev–Trinajstić information content (AvgIpc) is 3.24. The number of hydrogen-bond donors (Lipinski definition) is 2. The number of carbonyl (C=O) groups is 1. The molecule has 3 heterocycles. The molecule has 0 bridgehead atoms. The van der Waals surface area contributed by atoms with Crippen LogP contribution in [-0.4, -0.2) is 45.9 Å². The van der Waals surface area contributed by atoms with E-state index in [9.17, 15) is 4.79 Å². The summed E-state index contributed by atoms with van der Waals surface area (Å²) in [5, 5.41) is 13.7. The first-order valence-electron chi connectivity index (χ1n) is 7.68. The van der Waals surface area contributed by atoms with Gasteiger partial charge in [0.05, 0.1) is 12.2 Å². The van der Waals surface area contributed by atoms with Crippen molar-refractivity contribution in [3.63, 3.8) is 0 Å². The van der Waals surface area contributed by atoms with Gasteiger partial charge in [0.25, 0.3) is 5.91 Å². The molecule has 2 saturated heterocycles. The van der Waals surface area contributed by atoms with Gasteiger partial charge in [0, 0.05) is 25.6 Å². The van der Waals surface area contributed by atoms with Gasteiger partial charge in [-0.05, 0) is 24.0 Å². The molecule has 2 fully saturated rings. The maximum atomic E-state index is 12.8. The van der Waals surface area contributed by atoms with Crippen molar-refractivity contribution in [2.24, 2.45) is 11.8 Å². The summed E-state index contributed by atoms with van der Waals surface area (Å²) >= 11 is 0. The number of carbonyl (C=O) groups excluding carboxylic acids is 1. The van der Waals surface area contributed by atoms with Gasteiger partial charge in [-0.2, -0.15) is 15.4 Å². The first kappa shape index (κ1) is 16.0. The maximum Gasteiger partial charge on any atom is 0.276 e. The van der Waals surface area contributed by atoms with E-state index >= 15 is 0 Å². The van der Waals surface area contributed by atoms with Crippen LogP contribution in [0.25, 0.3) is 0 Å². The zero-order valence-corrected chi connectivity index (χ0v) is 13.7. The number of aryl methyl sites for hydroxylation is 1. The first-order chi connectivity index (χ1) is 10.8. The number of H-pyrrole nitrogens is 1. The molecule has 1 aromatic heterocycles. The third-order valence-corrected chi connectivity index (χ3v) is 4.97. The molecule has 1 amide bonds. The lowest BCUT2D eigenvalue weighted by Gasteiger charge is -2.29. The number of nitrogens with zero attached hydrogens (tertiary/aromatic N) is 3. The Morgan fingerprint density at radius 3 is 2.87 bits per heavy atom. The van der Waals surface area contributed by atoms with E-state index in [1.807, 2.05) is 11.0 Å². The van der Waals surface area contributed by atoms with Crippen LogP contribution in [0.15, 0.2) is 30.5 Å². The summed E-state index contributed by atoms with van der Waals surface area (Å²) < 4.78 is 0. The minimum atomic E-state index is -0.0311. The number of aromatic nitrogens is 3. The Balaban J connectivity index is 0.00000156. The van der Waals surface area contributed by atoms with Crippen LogP contribution in [0.4, 0.5) is 0 Å². The zero-order valence-electron chi connectivity index (χ0n) is 12.9. The Kier molecular flexibility index (Phi) is 4.37. The maximum absolute atomic E-state index is 12.8. The van der Waals surface area contributed by atoms with Gasteiger partial charge in [-0.3, -0.25) is 4.79 Å². The van der Waals surface area contributed by atoms with E-state index < -0.39 is 0 Å². The lowest BCUT2D eigenvalue weighted by atomic mass is 9.87. The van der Waals surface area contributed by atoms with Crippen LogP contribution in [0.3, 0.4) is 0 Å². The standard InChI is InChI=1S/C16H19N5O.ClH/c1-10-4-2-3-5-12(10)15-13-7-17-6-11(13)9-21(15)16(22)14-8-18-20-19-14;/h2-5,8,11,13,15,17H,6-7,9H2,1H3,(H,18,19,20);1H/t11-,13-,15+;/m0./s1. The number of aromatic amines is 1. The monoisotopic (exact) mass is 333 g/mol. The van der Waals surface area contributed by atoms with Gasteiger partial charge in [-0.1, -0.05) is 24.3 Å². The minimum Gasteiger partial charge on any atom is -0.329 e. The molecule has 4 rings (SSSR count). The predicted molar refractivity (Wildman–Crippen MR) is 88.4 cm³/mol. The molecule has 2 aliphatic rings. The van der Waals surface area contributed by atoms with Crippen molar-refractivity contribution in [1.29, 1.82) is 0 Å². The molecule has 7 heteroatoms. The Morgan fingerprint density at radius 2 is 2.13 bits per heavy atom. The highest BCUT2D eigenvalue weighted by molar-refractivity contribution is 5.92. The second-order valence-corrected chi connectivity index (χ2v) is 6.20. The Morgan fingerprint density at radius 1 is 1.30 bits per heavy atom. The largest absolute Gasteiger partial charge is 0.329 e. The minimum absolute atomic E-state index is 0. The summed E-state index contributed by atoms with van der Waals surface area (Å²) in [5.74, 6) is 0.953. The molecule has 3 atom stereocenters. The van der Waals surface area contributed by atoms with E-state index in [1.165, 1.54) is 17.3 Å². The number of amides is 1. The molecule has 0 aliphatic carbocycles. The molecule has 122 valence electrons. The number of fused-ring (bicyclic) bond motifs is 1. The van der Waals surface area contributed by atoms with Crippen molar-refractivity contribution in [3.8, 4) is 0 Å². The van der Waals surface area contributed by atoms with Crippen molar-refractivity contribution in [3.05, 3.63) is 47.3 Å². The van der Waals surface area contributed by atoms with Crippen LogP contribution in [0, 0.1) is 18.8 Å². The van der Waals surface area contributed by atoms with E-state index in [0.717, 1.165) is 19.6 Å². The van der Waals surface area contributed by atoms with Gasteiger partial charge in [0.2, 0.25) is 0 Å². The average molecular weight is 334 g/mol. The van der Waals surface area contributed by atoms with Gasteiger partial charge in [0.15, 0.2) is 5.69 Å². The topological polar surface area (TPSA) is 73.9 Å². The van der Waals surface area contributed by atoms with Crippen molar-refractivity contribution in [2.45, 2.75) is 13.0 Å². The van der Waals surface area contributed by atoms with Crippen molar-refractivity contribution >= 4 is 18.3 Å². The van der Waals surface area contributed by atoms with Crippen LogP contribution in [0.1, 0.15) is 27.7 Å². The molecule has 0 radical (unpaired) electrons. The lowest BCUT2D eigenvalue weighted by molar-refractivity contribution is 0.0707. The number of benzene rings is 1. The summed E-state index contributed by atoms with van der Waals surface area (Å²) in [7, 11) is 0. The van der Waals surface area contributed by atoms with Gasteiger partial charge < -0.3 is 10.2 Å². The van der Waals surface area contributed by atoms with Crippen molar-refractivity contribution in [2.75, 3.05) is 19.6 Å². The SMILES string of the molecule is Cc1ccccc1[C@@H]1[C@H]2CNC[C@H]2CN1C(=O)c1cn[nH]n1.Cl. The fourth-order valence-electron chi connectivity index (χ4n) is 3.90. The molecule has 2 aliphatic heterocycles. The highest BCUT2D eigenvalue weighted by atomic mass is 35.5. The number of likely N-dealkylation sites (tertiary alicyclic amines) is 1. The molecule has 23 heavy (non-hydrogen) atoms. The van der Waals surface area contributed by atoms with E-state index in [4.69, 9.17) is 0 Å². The van der Waals surface area contributed by atoms with Gasteiger partial charge in [0.1, 0.15) is 0 Å². The zero-order chi connectivity index (χ0) is 15.1. The fraction of sp³-hybridized carbons (Fsp3) is 0.438. The van der Waals surface area contributed by atoms with Crippen molar-refractivity contribution < 1.29 is 4.79 Å². The highest BCUT2D eigenvalue weighted by Crippen LogP contribution is 2.43. The number of rotatable bonds is 2. The van der Waals surface area contributed by atoms with Gasteiger partial charge in [-0.25, -0.2) is 0 Å². The summed E-state index contributed by atoms with van der Waals surface area (Å²) in [6, 6.07) is 8.47. The molecule has 1 aromatic carbocycles. The van der Waals surface area contributed by atoms with Gasteiger partial charge >= 0.3 is 0 Å². The van der Waals surface area contributed by atoms with Crippen LogP contribution < -0.4 is 5.32 Å². The van der Waals surface area contributed by atoms with Crippen LogP contribution in [0.2, 0.25) is 0 Å². The van der Waals surface area contributed by atoms with E-state index in [1.54, 1.807) is 0 Å². The molecule has 6 nitrogen and oxygen atoms in total. The predicted octanol–water partition coefficient (Wildman–Crippen LogP) is 1.57. The van der Waals surface area contributed by atoms with E-state index in [2.05, 4.69) is 45.9 Å². The molecule has 0 saturated carbocycles. The second kappa shape index (κ2) is 6.29. The molecule has 2 N–H and O–H groups in total. The van der Waals surface area contributed by atoms with E-state index in [0.29, 0.717) is 17.5 Å². The summed E-state index contributed by atoms with van der Waals surface area (Å²) in [5.41, 5.74) is 2.88. The second-order valence-electron chi connectivity index (χ2n) is 6.20. The Hall–Kier alpha value is -1.92. The van der Waals surface area contributed by atoms with Gasteiger partial charge in [-0.15, -0.1) is 12.4 Å². The Bertz CT molecular complexity index is 690. The summed E-state index contributed by atoms with van der Waals surface area (Å²) in [4.78, 5) is 14.8. The first-order valence-corrected chi connectivity index (χ1v) is 7.68. The lowest BCUT2D eigenvalue weighted by Crippen LogP contribution is -2.35. The third-order valence-electron chi connectivity index (χ3n) is 4.97. The molecule has 0 unspecified atom stereocenters. The molecule has 2 aromatic rings. The van der Waals surface area contributed by atoms with Crippen molar-refractivity contribution in [1.82, 2.24) is 25.6 Å². The van der Waals surface area contributed by atoms with Crippen LogP contribution in [-0.2, 0) is 0 Å². The number of nitrogens with one attached hydrogen (secondary N) is 2. The quantitative estimate of drug-likeness (QED) is 0.875. The fourth-order valence-corrected chi connectivity index (χ4v) is 3.90. The summed E-state index contributed by atoms with van der Waals surface area (Å²) in [6.07, 6.45) is 1.50. The molecular weight excluding hydrogens is 314 g/mol. The third kappa shape index (κ3) is 2.62. The molecule has 0 spiro atoms. The van der Waals surface area contributed by atoms with Crippen LogP contribution >= 0.6 is 12.4 Å². The van der Waals surface area contributed by atoms with E-state index in [-0.39, 0.29) is 24.4 Å². The smallest absolute Gasteiger partial charge is 0.276 e. The molecular formula is C16H20ClN5O. The number of hydrogen-bond acceptors (Lipinski definition) is 4. The highest BCUT2D eigenvalue weighted by Gasteiger charge is 2.47. The van der Waals surface area contributed by atoms with Crippen LogP contribution in [0.5, 0.6) is 0 Å². The number of halogens is 1. The summed E-state index contributed by atoms with van der Waals surface area (Å²) in [6.45, 7) is 4.84. The Labute approximate surface area is 141 Å².